The van der Waals surface area contributed by atoms with Gasteiger partial charge in [0, 0.05) is 25.4 Å². The molecule has 0 saturated carbocycles. The Bertz CT molecular complexity index is 553. The Morgan fingerprint density at radius 2 is 2.00 bits per heavy atom. The third kappa shape index (κ3) is 7.17. The Balaban J connectivity index is 0.00000288. The van der Waals surface area contributed by atoms with Gasteiger partial charge < -0.3 is 25.4 Å². The first kappa shape index (κ1) is 24.2. The molecule has 25 heavy (non-hydrogen) atoms. The molecule has 0 bridgehead atoms. The van der Waals surface area contributed by atoms with E-state index in [0.29, 0.717) is 49.1 Å². The Labute approximate surface area is 166 Å². The summed E-state index contributed by atoms with van der Waals surface area (Å²) in [6.07, 6.45) is 1.02. The maximum absolute atomic E-state index is 12.4. The van der Waals surface area contributed by atoms with E-state index in [1.165, 1.54) is 0 Å². The second-order valence-electron chi connectivity index (χ2n) is 6.02. The van der Waals surface area contributed by atoms with Gasteiger partial charge in [-0.25, -0.2) is 0 Å². The fraction of sp³-hybridized carbons (Fsp3) is 0.562. The molecule has 0 aliphatic carbocycles. The molecular formula is C16H26Cl3N3O3. The van der Waals surface area contributed by atoms with Crippen molar-refractivity contribution >= 4 is 48.0 Å². The van der Waals surface area contributed by atoms with E-state index in [9.17, 15) is 4.79 Å². The normalized spacial score (nSPS) is 15.7. The fourth-order valence-electron chi connectivity index (χ4n) is 2.25. The highest BCUT2D eigenvalue weighted by Crippen LogP contribution is 2.28. The highest BCUT2D eigenvalue weighted by molar-refractivity contribution is 6.32. The molecule has 144 valence electrons. The summed E-state index contributed by atoms with van der Waals surface area (Å²) in [7, 11) is 3.95. The predicted molar refractivity (Wildman–Crippen MR) is 106 cm³/mol. The number of carbonyl (C=O) groups excluding carboxylic acids is 1. The molecule has 1 aromatic rings. The van der Waals surface area contributed by atoms with Crippen LogP contribution in [0.3, 0.4) is 0 Å². The van der Waals surface area contributed by atoms with Crippen LogP contribution in [0.2, 0.25) is 5.02 Å². The van der Waals surface area contributed by atoms with Crippen LogP contribution >= 0.6 is 36.4 Å². The van der Waals surface area contributed by atoms with E-state index in [2.05, 4.69) is 5.32 Å². The monoisotopic (exact) mass is 413 g/mol. The van der Waals surface area contributed by atoms with Gasteiger partial charge in [-0.1, -0.05) is 11.6 Å². The second kappa shape index (κ2) is 11.1. The van der Waals surface area contributed by atoms with E-state index < -0.39 is 5.54 Å². The van der Waals surface area contributed by atoms with E-state index in [1.807, 2.05) is 19.0 Å². The van der Waals surface area contributed by atoms with E-state index in [0.717, 1.165) is 6.54 Å². The van der Waals surface area contributed by atoms with Gasteiger partial charge in [-0.05, 0) is 45.1 Å². The largest absolute Gasteiger partial charge is 0.491 e. The molecule has 0 atom stereocenters. The first-order valence-electron chi connectivity index (χ1n) is 7.66. The lowest BCUT2D eigenvalue weighted by Crippen LogP contribution is -2.54. The van der Waals surface area contributed by atoms with Gasteiger partial charge in [0.25, 0.3) is 0 Å². The van der Waals surface area contributed by atoms with Crippen LogP contribution in [0.5, 0.6) is 5.75 Å². The molecular weight excluding hydrogens is 389 g/mol. The maximum atomic E-state index is 12.4. The number of nitrogens with two attached hydrogens (primary N) is 1. The summed E-state index contributed by atoms with van der Waals surface area (Å²) in [6.45, 7) is 2.35. The molecule has 0 spiro atoms. The summed E-state index contributed by atoms with van der Waals surface area (Å²) in [4.78, 5) is 14.4. The van der Waals surface area contributed by atoms with Gasteiger partial charge in [0.15, 0.2) is 0 Å². The number of amides is 1. The van der Waals surface area contributed by atoms with Crippen molar-refractivity contribution in [3.05, 3.63) is 23.2 Å². The number of halogens is 3. The van der Waals surface area contributed by atoms with Crippen LogP contribution in [-0.4, -0.2) is 56.8 Å². The SMILES string of the molecule is CN(C)CCOc1ccc(NC(=O)C2(N)CCOCC2)cc1Cl.Cl.Cl. The highest BCUT2D eigenvalue weighted by Gasteiger charge is 2.35. The average Bonchev–Trinajstić information content (AvgIpc) is 2.50. The Morgan fingerprint density at radius 1 is 1.36 bits per heavy atom. The molecule has 1 aliphatic rings. The minimum Gasteiger partial charge on any atom is -0.491 e. The van der Waals surface area contributed by atoms with Crippen molar-refractivity contribution in [1.82, 2.24) is 4.90 Å². The van der Waals surface area contributed by atoms with E-state index in [-0.39, 0.29) is 30.7 Å². The van der Waals surface area contributed by atoms with Gasteiger partial charge in [0.1, 0.15) is 17.9 Å². The van der Waals surface area contributed by atoms with Crippen LogP contribution in [0, 0.1) is 0 Å². The van der Waals surface area contributed by atoms with Gasteiger partial charge in [-0.15, -0.1) is 24.8 Å². The third-order valence-corrected chi connectivity index (χ3v) is 4.12. The van der Waals surface area contributed by atoms with Crippen LogP contribution < -0.4 is 15.8 Å². The van der Waals surface area contributed by atoms with Crippen molar-refractivity contribution in [3.63, 3.8) is 0 Å². The zero-order chi connectivity index (χ0) is 16.9. The van der Waals surface area contributed by atoms with E-state index in [1.54, 1.807) is 18.2 Å². The lowest BCUT2D eigenvalue weighted by atomic mass is 9.90. The number of anilines is 1. The second-order valence-corrected chi connectivity index (χ2v) is 6.43. The quantitative estimate of drug-likeness (QED) is 0.748. The molecule has 0 radical (unpaired) electrons. The summed E-state index contributed by atoms with van der Waals surface area (Å²) in [5.41, 5.74) is 5.88. The topological polar surface area (TPSA) is 76.8 Å². The zero-order valence-electron chi connectivity index (χ0n) is 14.4. The van der Waals surface area contributed by atoms with Crippen LogP contribution in [0.15, 0.2) is 18.2 Å². The van der Waals surface area contributed by atoms with Crippen LogP contribution in [0.4, 0.5) is 5.69 Å². The van der Waals surface area contributed by atoms with Crippen molar-refractivity contribution < 1.29 is 14.3 Å². The number of nitrogens with zero attached hydrogens (tertiary/aromatic N) is 1. The minimum atomic E-state index is -0.883. The summed E-state index contributed by atoms with van der Waals surface area (Å²) < 4.78 is 10.9. The number of ether oxygens (including phenoxy) is 2. The lowest BCUT2D eigenvalue weighted by molar-refractivity contribution is -0.124. The number of hydrogen-bond donors (Lipinski definition) is 2. The standard InChI is InChI=1S/C16H24ClN3O3.2ClH/c1-20(2)7-10-23-14-4-3-12(11-13(14)17)19-15(21)16(18)5-8-22-9-6-16;;/h3-4,11H,5-10,18H2,1-2H3,(H,19,21);2*1H. The number of benzene rings is 1. The molecule has 0 aromatic heterocycles. The lowest BCUT2D eigenvalue weighted by Gasteiger charge is -2.31. The predicted octanol–water partition coefficient (Wildman–Crippen LogP) is 2.57. The van der Waals surface area contributed by atoms with Crippen molar-refractivity contribution in [2.24, 2.45) is 5.73 Å². The molecule has 1 aromatic carbocycles. The fourth-order valence-corrected chi connectivity index (χ4v) is 2.49. The molecule has 9 heteroatoms. The maximum Gasteiger partial charge on any atom is 0.244 e. The van der Waals surface area contributed by atoms with Crippen molar-refractivity contribution in [2.75, 3.05) is 45.8 Å². The third-order valence-electron chi connectivity index (χ3n) is 3.82. The van der Waals surface area contributed by atoms with Crippen LogP contribution in [0.1, 0.15) is 12.8 Å². The van der Waals surface area contributed by atoms with Crippen molar-refractivity contribution in [2.45, 2.75) is 18.4 Å². The highest BCUT2D eigenvalue weighted by atomic mass is 35.5. The number of nitrogens with one attached hydrogen (secondary N) is 1. The molecule has 2 rings (SSSR count). The van der Waals surface area contributed by atoms with E-state index >= 15 is 0 Å². The number of rotatable bonds is 6. The molecule has 1 aliphatic heterocycles. The first-order valence-corrected chi connectivity index (χ1v) is 8.04. The van der Waals surface area contributed by atoms with Gasteiger partial charge in [-0.3, -0.25) is 4.79 Å². The number of carbonyl (C=O) groups is 1. The average molecular weight is 415 g/mol. The van der Waals surface area contributed by atoms with Crippen LogP contribution in [0.25, 0.3) is 0 Å². The van der Waals surface area contributed by atoms with Crippen molar-refractivity contribution in [3.8, 4) is 5.75 Å². The molecule has 1 amide bonds. The molecule has 1 fully saturated rings. The van der Waals surface area contributed by atoms with E-state index in [4.69, 9.17) is 26.8 Å². The molecule has 0 unspecified atom stereocenters. The number of likely N-dealkylation sites (N-methyl/N-ethyl adjacent to an activating group) is 1. The molecule has 1 heterocycles. The molecule has 3 N–H and O–H groups in total. The van der Waals surface area contributed by atoms with Gasteiger partial charge in [0.05, 0.1) is 5.02 Å². The summed E-state index contributed by atoms with van der Waals surface area (Å²) in [6, 6.07) is 5.19. The van der Waals surface area contributed by atoms with Gasteiger partial charge in [0.2, 0.25) is 5.91 Å². The summed E-state index contributed by atoms with van der Waals surface area (Å²) in [5.74, 6) is 0.387. The Hall–Kier alpha value is -0.760. The molecule has 6 nitrogen and oxygen atoms in total. The summed E-state index contributed by atoms with van der Waals surface area (Å²) >= 11 is 6.21. The smallest absolute Gasteiger partial charge is 0.244 e. The van der Waals surface area contributed by atoms with Crippen molar-refractivity contribution in [1.29, 1.82) is 0 Å². The van der Waals surface area contributed by atoms with Gasteiger partial charge in [-0.2, -0.15) is 0 Å². The Morgan fingerprint density at radius 3 is 2.56 bits per heavy atom. The number of hydrogen-bond acceptors (Lipinski definition) is 5. The zero-order valence-corrected chi connectivity index (χ0v) is 16.8. The first-order chi connectivity index (χ1) is 10.9. The van der Waals surface area contributed by atoms with Gasteiger partial charge >= 0.3 is 0 Å². The summed E-state index contributed by atoms with van der Waals surface area (Å²) in [5, 5.41) is 3.28. The Kier molecular flexibility index (Phi) is 10.7. The van der Waals surface area contributed by atoms with Crippen LogP contribution in [-0.2, 0) is 9.53 Å². The minimum absolute atomic E-state index is 0. The molecule has 1 saturated heterocycles.